The molecule has 0 saturated carbocycles. The maximum Gasteiger partial charge on any atom is 0.419 e. The van der Waals surface area contributed by atoms with Crippen LogP contribution in [0.4, 0.5) is 0 Å². The molecular formula is C21H25N3O4. The van der Waals surface area contributed by atoms with E-state index < -0.39 is 5.76 Å². The summed E-state index contributed by atoms with van der Waals surface area (Å²) in [5.74, 6) is 0.348. The summed E-state index contributed by atoms with van der Waals surface area (Å²) < 4.78 is 12.3. The summed E-state index contributed by atoms with van der Waals surface area (Å²) in [4.78, 5) is 26.8. The van der Waals surface area contributed by atoms with Gasteiger partial charge in [0.05, 0.1) is 17.8 Å². The van der Waals surface area contributed by atoms with Gasteiger partial charge in [-0.05, 0) is 50.2 Å². The topological polar surface area (TPSA) is 80.6 Å². The van der Waals surface area contributed by atoms with Gasteiger partial charge in [0.25, 0.3) is 0 Å². The lowest BCUT2D eigenvalue weighted by atomic mass is 10.1. The van der Waals surface area contributed by atoms with E-state index in [1.807, 2.05) is 30.3 Å². The third-order valence-corrected chi connectivity index (χ3v) is 5.33. The van der Waals surface area contributed by atoms with Gasteiger partial charge >= 0.3 is 5.76 Å². The smallest absolute Gasteiger partial charge is 0.419 e. The van der Waals surface area contributed by atoms with E-state index in [-0.39, 0.29) is 24.9 Å². The van der Waals surface area contributed by atoms with Crippen LogP contribution >= 0.6 is 0 Å². The SMILES string of the molecule is O=C(CCn1c(=O)oc2ccccc21)NC[C@@H](c1ccco1)N1CCCCC1. The predicted octanol–water partition coefficient (Wildman–Crippen LogP) is 2.92. The molecule has 1 aliphatic rings. The Hall–Kier alpha value is -2.80. The first-order valence-corrected chi connectivity index (χ1v) is 9.85. The number of hydrogen-bond donors (Lipinski definition) is 1. The number of benzene rings is 1. The van der Waals surface area contributed by atoms with Crippen molar-refractivity contribution in [2.24, 2.45) is 0 Å². The highest BCUT2D eigenvalue weighted by atomic mass is 16.4. The molecule has 1 N–H and O–H groups in total. The van der Waals surface area contributed by atoms with Gasteiger partial charge < -0.3 is 14.2 Å². The van der Waals surface area contributed by atoms with Gasteiger partial charge in [0.15, 0.2) is 5.58 Å². The van der Waals surface area contributed by atoms with E-state index >= 15 is 0 Å². The van der Waals surface area contributed by atoms with E-state index in [2.05, 4.69) is 10.2 Å². The van der Waals surface area contributed by atoms with Gasteiger partial charge in [-0.1, -0.05) is 18.6 Å². The summed E-state index contributed by atoms with van der Waals surface area (Å²) in [6.07, 6.45) is 5.48. The number of likely N-dealkylation sites (tertiary alicyclic amines) is 1. The number of carbonyl (C=O) groups is 1. The molecule has 2 aromatic heterocycles. The molecule has 0 radical (unpaired) electrons. The molecule has 3 heterocycles. The molecule has 1 amide bonds. The van der Waals surface area contributed by atoms with Crippen LogP contribution in [0.25, 0.3) is 11.1 Å². The lowest BCUT2D eigenvalue weighted by molar-refractivity contribution is -0.121. The third-order valence-electron chi connectivity index (χ3n) is 5.33. The Balaban J connectivity index is 1.37. The number of furan rings is 1. The zero-order chi connectivity index (χ0) is 19.3. The normalized spacial score (nSPS) is 16.3. The molecule has 0 unspecified atom stereocenters. The Morgan fingerprint density at radius 3 is 2.71 bits per heavy atom. The zero-order valence-electron chi connectivity index (χ0n) is 15.8. The molecule has 3 aromatic rings. The largest absolute Gasteiger partial charge is 0.468 e. The van der Waals surface area contributed by atoms with Crippen molar-refractivity contribution in [2.45, 2.75) is 38.3 Å². The number of nitrogens with one attached hydrogen (secondary N) is 1. The highest BCUT2D eigenvalue weighted by Crippen LogP contribution is 2.24. The van der Waals surface area contributed by atoms with E-state index in [4.69, 9.17) is 8.83 Å². The molecular weight excluding hydrogens is 358 g/mol. The molecule has 1 atom stereocenters. The summed E-state index contributed by atoms with van der Waals surface area (Å²) in [6.45, 7) is 2.81. The first kappa shape index (κ1) is 18.6. The maximum absolute atomic E-state index is 12.4. The number of aryl methyl sites for hydroxylation is 1. The number of fused-ring (bicyclic) bond motifs is 1. The average molecular weight is 383 g/mol. The fourth-order valence-electron chi connectivity index (χ4n) is 3.86. The van der Waals surface area contributed by atoms with Gasteiger partial charge in [-0.3, -0.25) is 14.3 Å². The lowest BCUT2D eigenvalue weighted by Crippen LogP contribution is -2.40. The number of para-hydroxylation sites is 2. The molecule has 7 heteroatoms. The van der Waals surface area contributed by atoms with Crippen molar-refractivity contribution in [3.05, 3.63) is 59.0 Å². The van der Waals surface area contributed by atoms with Gasteiger partial charge in [0, 0.05) is 19.5 Å². The molecule has 1 saturated heterocycles. The molecule has 0 spiro atoms. The van der Waals surface area contributed by atoms with Crippen LogP contribution in [-0.4, -0.2) is 35.0 Å². The number of amides is 1. The summed E-state index contributed by atoms with van der Waals surface area (Å²) in [5.41, 5.74) is 1.25. The summed E-state index contributed by atoms with van der Waals surface area (Å²) in [5, 5.41) is 3.01. The summed E-state index contributed by atoms with van der Waals surface area (Å²) in [6, 6.07) is 11.1. The number of carbonyl (C=O) groups excluding carboxylic acids is 1. The third kappa shape index (κ3) is 4.04. The number of nitrogens with zero attached hydrogens (tertiary/aromatic N) is 2. The fourth-order valence-corrected chi connectivity index (χ4v) is 3.86. The Morgan fingerprint density at radius 1 is 1.11 bits per heavy atom. The van der Waals surface area contributed by atoms with Crippen molar-refractivity contribution < 1.29 is 13.6 Å². The van der Waals surface area contributed by atoms with Gasteiger partial charge in [-0.15, -0.1) is 0 Å². The Bertz CT molecular complexity index is 967. The van der Waals surface area contributed by atoms with E-state index in [1.54, 1.807) is 12.3 Å². The van der Waals surface area contributed by atoms with Crippen LogP contribution in [0.1, 0.15) is 37.5 Å². The maximum atomic E-state index is 12.4. The van der Waals surface area contributed by atoms with Crippen LogP contribution in [-0.2, 0) is 11.3 Å². The molecule has 1 fully saturated rings. The monoisotopic (exact) mass is 383 g/mol. The van der Waals surface area contributed by atoms with Crippen molar-refractivity contribution in [2.75, 3.05) is 19.6 Å². The highest BCUT2D eigenvalue weighted by molar-refractivity contribution is 5.76. The number of hydrogen-bond acceptors (Lipinski definition) is 5. The highest BCUT2D eigenvalue weighted by Gasteiger charge is 2.24. The van der Waals surface area contributed by atoms with E-state index in [0.717, 1.165) is 18.8 Å². The molecule has 0 bridgehead atoms. The zero-order valence-corrected chi connectivity index (χ0v) is 15.8. The molecule has 7 nitrogen and oxygen atoms in total. The van der Waals surface area contributed by atoms with Crippen molar-refractivity contribution >= 4 is 17.0 Å². The van der Waals surface area contributed by atoms with Gasteiger partial charge in [0.1, 0.15) is 5.76 Å². The number of rotatable bonds is 7. The Kier molecular flexibility index (Phi) is 5.62. The van der Waals surface area contributed by atoms with Gasteiger partial charge in [-0.2, -0.15) is 0 Å². The quantitative estimate of drug-likeness (QED) is 0.678. The van der Waals surface area contributed by atoms with Gasteiger partial charge in [0.2, 0.25) is 5.91 Å². The standard InChI is InChI=1S/C21H25N3O4/c25-20(10-13-24-16-7-2-3-8-19(16)28-21(24)26)22-15-17(18-9-6-14-27-18)23-11-4-1-5-12-23/h2-3,6-9,14,17H,1,4-5,10-13,15H2,(H,22,25)/t17-/m0/s1. The first-order chi connectivity index (χ1) is 13.7. The molecule has 1 aromatic carbocycles. The number of aromatic nitrogens is 1. The van der Waals surface area contributed by atoms with Crippen molar-refractivity contribution in [3.8, 4) is 0 Å². The van der Waals surface area contributed by atoms with Crippen LogP contribution < -0.4 is 11.1 Å². The Labute approximate surface area is 162 Å². The van der Waals surface area contributed by atoms with Crippen LogP contribution in [0, 0.1) is 0 Å². The number of piperidine rings is 1. The van der Waals surface area contributed by atoms with Crippen molar-refractivity contribution in [1.29, 1.82) is 0 Å². The van der Waals surface area contributed by atoms with Crippen molar-refractivity contribution in [1.82, 2.24) is 14.8 Å². The first-order valence-electron chi connectivity index (χ1n) is 9.85. The van der Waals surface area contributed by atoms with Crippen LogP contribution in [0.15, 0.2) is 56.3 Å². The van der Waals surface area contributed by atoms with Crippen LogP contribution in [0.2, 0.25) is 0 Å². The molecule has 4 rings (SSSR count). The van der Waals surface area contributed by atoms with Crippen LogP contribution in [0.3, 0.4) is 0 Å². The van der Waals surface area contributed by atoms with E-state index in [9.17, 15) is 9.59 Å². The van der Waals surface area contributed by atoms with Crippen LogP contribution in [0.5, 0.6) is 0 Å². The van der Waals surface area contributed by atoms with Gasteiger partial charge in [-0.25, -0.2) is 4.79 Å². The molecule has 148 valence electrons. The molecule has 1 aliphatic heterocycles. The molecule has 0 aliphatic carbocycles. The summed E-state index contributed by atoms with van der Waals surface area (Å²) >= 11 is 0. The second-order valence-electron chi connectivity index (χ2n) is 7.17. The lowest BCUT2D eigenvalue weighted by Gasteiger charge is -2.33. The second-order valence-corrected chi connectivity index (χ2v) is 7.17. The number of oxazole rings is 1. The summed E-state index contributed by atoms with van der Waals surface area (Å²) in [7, 11) is 0. The van der Waals surface area contributed by atoms with E-state index in [0.29, 0.717) is 17.6 Å². The van der Waals surface area contributed by atoms with Crippen molar-refractivity contribution in [3.63, 3.8) is 0 Å². The van der Waals surface area contributed by atoms with E-state index in [1.165, 1.54) is 23.8 Å². The minimum absolute atomic E-state index is 0.0386. The minimum atomic E-state index is -0.434. The average Bonchev–Trinajstić information content (AvgIpc) is 3.35. The molecule has 28 heavy (non-hydrogen) atoms. The Morgan fingerprint density at radius 2 is 1.93 bits per heavy atom. The second kappa shape index (κ2) is 8.48. The minimum Gasteiger partial charge on any atom is -0.468 e. The fraction of sp³-hybridized carbons (Fsp3) is 0.429. The predicted molar refractivity (Wildman–Crippen MR) is 105 cm³/mol.